The van der Waals surface area contributed by atoms with Crippen LogP contribution >= 0.6 is 0 Å². The fourth-order valence-corrected chi connectivity index (χ4v) is 2.00. The number of benzene rings is 1. The van der Waals surface area contributed by atoms with E-state index in [4.69, 9.17) is 4.74 Å². The van der Waals surface area contributed by atoms with Crippen molar-refractivity contribution >= 4 is 6.47 Å². The molecule has 1 aliphatic carbocycles. The van der Waals surface area contributed by atoms with E-state index in [2.05, 4.69) is 0 Å². The van der Waals surface area contributed by atoms with Gasteiger partial charge in [-0.05, 0) is 36.1 Å². The number of fused-ring (bicyclic) bond motifs is 1. The molecule has 0 heterocycles. The predicted octanol–water partition coefficient (Wildman–Crippen LogP) is 1.59. The molecule has 3 nitrogen and oxygen atoms in total. The standard InChI is InChI=1S/C11H12O3/c12-7-14-6-9-2-1-8-3-4-10(13)5-11(8)9/h3-5,7,9,13H,1-2,6H2. The number of aryl methyl sites for hydroxylation is 1. The molecule has 1 unspecified atom stereocenters. The third-order valence-electron chi connectivity index (χ3n) is 2.70. The molecule has 0 bridgehead atoms. The Labute approximate surface area is 82.3 Å². The first-order chi connectivity index (χ1) is 6.81. The lowest BCUT2D eigenvalue weighted by Gasteiger charge is -2.09. The highest BCUT2D eigenvalue weighted by atomic mass is 16.5. The average Bonchev–Trinajstić information content (AvgIpc) is 2.57. The number of aromatic hydroxyl groups is 1. The summed E-state index contributed by atoms with van der Waals surface area (Å²) in [6, 6.07) is 5.40. The van der Waals surface area contributed by atoms with Crippen molar-refractivity contribution in [2.45, 2.75) is 18.8 Å². The molecular weight excluding hydrogens is 180 g/mol. The molecule has 1 N–H and O–H groups in total. The molecule has 0 amide bonds. The van der Waals surface area contributed by atoms with E-state index in [-0.39, 0.29) is 11.7 Å². The summed E-state index contributed by atoms with van der Waals surface area (Å²) < 4.78 is 4.75. The van der Waals surface area contributed by atoms with Crippen LogP contribution in [0.15, 0.2) is 18.2 Å². The summed E-state index contributed by atoms with van der Waals surface area (Å²) in [6.45, 7) is 0.890. The molecule has 1 aromatic rings. The van der Waals surface area contributed by atoms with Crippen molar-refractivity contribution in [3.8, 4) is 5.75 Å². The zero-order valence-electron chi connectivity index (χ0n) is 7.77. The number of hydrogen-bond donors (Lipinski definition) is 1. The SMILES string of the molecule is O=COCC1CCc2ccc(O)cc21. The Morgan fingerprint density at radius 3 is 3.21 bits per heavy atom. The number of hydrogen-bond acceptors (Lipinski definition) is 3. The Kier molecular flexibility index (Phi) is 2.39. The summed E-state index contributed by atoms with van der Waals surface area (Å²) in [5, 5.41) is 9.33. The van der Waals surface area contributed by atoms with E-state index in [1.165, 1.54) is 5.56 Å². The van der Waals surface area contributed by atoms with E-state index in [0.717, 1.165) is 18.4 Å². The van der Waals surface area contributed by atoms with Crippen LogP contribution in [0.3, 0.4) is 0 Å². The topological polar surface area (TPSA) is 46.5 Å². The Hall–Kier alpha value is -1.51. The third-order valence-corrected chi connectivity index (χ3v) is 2.70. The molecule has 0 saturated heterocycles. The van der Waals surface area contributed by atoms with Gasteiger partial charge in [0.2, 0.25) is 0 Å². The summed E-state index contributed by atoms with van der Waals surface area (Å²) in [5.74, 6) is 0.532. The second-order valence-corrected chi connectivity index (χ2v) is 3.55. The maximum atomic E-state index is 10.1. The van der Waals surface area contributed by atoms with Gasteiger partial charge in [-0.25, -0.2) is 0 Å². The molecule has 0 radical (unpaired) electrons. The van der Waals surface area contributed by atoms with Gasteiger partial charge < -0.3 is 9.84 Å². The molecule has 0 aromatic heterocycles. The second kappa shape index (κ2) is 3.70. The van der Waals surface area contributed by atoms with E-state index < -0.39 is 0 Å². The monoisotopic (exact) mass is 192 g/mol. The van der Waals surface area contributed by atoms with Gasteiger partial charge in [-0.1, -0.05) is 6.07 Å². The molecule has 3 heteroatoms. The number of phenols is 1. The smallest absolute Gasteiger partial charge is 0.293 e. The van der Waals surface area contributed by atoms with Gasteiger partial charge in [0.15, 0.2) is 0 Å². The molecule has 14 heavy (non-hydrogen) atoms. The van der Waals surface area contributed by atoms with Gasteiger partial charge in [0.25, 0.3) is 6.47 Å². The normalized spacial score (nSPS) is 19.0. The number of carbonyl (C=O) groups is 1. The Morgan fingerprint density at radius 2 is 2.43 bits per heavy atom. The average molecular weight is 192 g/mol. The molecule has 0 spiro atoms. The van der Waals surface area contributed by atoms with E-state index >= 15 is 0 Å². The van der Waals surface area contributed by atoms with Gasteiger partial charge in [-0.2, -0.15) is 0 Å². The first kappa shape index (κ1) is 9.06. The highest BCUT2D eigenvalue weighted by Crippen LogP contribution is 2.35. The third kappa shape index (κ3) is 1.58. The van der Waals surface area contributed by atoms with E-state index in [1.807, 2.05) is 6.07 Å². The summed E-state index contributed by atoms with van der Waals surface area (Å²) in [4.78, 5) is 10.1. The minimum absolute atomic E-state index is 0.252. The number of ether oxygens (including phenoxy) is 1. The fourth-order valence-electron chi connectivity index (χ4n) is 2.00. The van der Waals surface area contributed by atoms with Gasteiger partial charge in [0.05, 0.1) is 6.61 Å². The minimum atomic E-state index is 0.252. The molecule has 1 atom stereocenters. The van der Waals surface area contributed by atoms with Crippen LogP contribution in [0.1, 0.15) is 23.5 Å². The van der Waals surface area contributed by atoms with Crippen molar-refractivity contribution < 1.29 is 14.6 Å². The summed E-state index contributed by atoms with van der Waals surface area (Å²) in [7, 11) is 0. The fraction of sp³-hybridized carbons (Fsp3) is 0.364. The van der Waals surface area contributed by atoms with Crippen LogP contribution < -0.4 is 0 Å². The van der Waals surface area contributed by atoms with Gasteiger partial charge in [-0.3, -0.25) is 4.79 Å². The molecule has 74 valence electrons. The highest BCUT2D eigenvalue weighted by molar-refractivity contribution is 5.42. The van der Waals surface area contributed by atoms with Crippen molar-refractivity contribution in [2.24, 2.45) is 0 Å². The molecule has 2 rings (SSSR count). The van der Waals surface area contributed by atoms with Crippen molar-refractivity contribution in [3.63, 3.8) is 0 Å². The summed E-state index contributed by atoms with van der Waals surface area (Å²) in [5.41, 5.74) is 2.37. The van der Waals surface area contributed by atoms with Crippen molar-refractivity contribution in [1.29, 1.82) is 0 Å². The molecule has 0 saturated carbocycles. The van der Waals surface area contributed by atoms with Gasteiger partial charge >= 0.3 is 0 Å². The van der Waals surface area contributed by atoms with Crippen LogP contribution in [0.4, 0.5) is 0 Å². The lowest BCUT2D eigenvalue weighted by molar-refractivity contribution is -0.129. The highest BCUT2D eigenvalue weighted by Gasteiger charge is 2.22. The zero-order valence-corrected chi connectivity index (χ0v) is 7.77. The van der Waals surface area contributed by atoms with Crippen LogP contribution in [-0.4, -0.2) is 18.2 Å². The Morgan fingerprint density at radius 1 is 1.57 bits per heavy atom. The van der Waals surface area contributed by atoms with Crippen LogP contribution in [0, 0.1) is 0 Å². The van der Waals surface area contributed by atoms with Crippen LogP contribution in [0.2, 0.25) is 0 Å². The van der Waals surface area contributed by atoms with E-state index in [9.17, 15) is 9.90 Å². The first-order valence-corrected chi connectivity index (χ1v) is 4.68. The second-order valence-electron chi connectivity index (χ2n) is 3.55. The number of phenolic OH excluding ortho intramolecular Hbond substituents is 1. The van der Waals surface area contributed by atoms with Crippen molar-refractivity contribution in [1.82, 2.24) is 0 Å². The predicted molar refractivity (Wildman–Crippen MR) is 51.2 cm³/mol. The van der Waals surface area contributed by atoms with Gasteiger partial charge in [-0.15, -0.1) is 0 Å². The van der Waals surface area contributed by atoms with Crippen LogP contribution in [0.5, 0.6) is 5.75 Å². The minimum Gasteiger partial charge on any atom is -0.508 e. The van der Waals surface area contributed by atoms with Crippen LogP contribution in [0.25, 0.3) is 0 Å². The lowest BCUT2D eigenvalue weighted by atomic mass is 10.0. The number of rotatable bonds is 3. The largest absolute Gasteiger partial charge is 0.508 e. The zero-order chi connectivity index (χ0) is 9.97. The van der Waals surface area contributed by atoms with Crippen molar-refractivity contribution in [3.05, 3.63) is 29.3 Å². The summed E-state index contributed by atoms with van der Waals surface area (Å²) in [6.07, 6.45) is 2.00. The summed E-state index contributed by atoms with van der Waals surface area (Å²) >= 11 is 0. The molecular formula is C11H12O3. The molecule has 0 fully saturated rings. The molecule has 1 aliphatic rings. The van der Waals surface area contributed by atoms with Crippen molar-refractivity contribution in [2.75, 3.05) is 6.61 Å². The van der Waals surface area contributed by atoms with Gasteiger partial charge in [0.1, 0.15) is 5.75 Å². The van der Waals surface area contributed by atoms with Crippen LogP contribution in [-0.2, 0) is 16.0 Å². The maximum absolute atomic E-state index is 10.1. The first-order valence-electron chi connectivity index (χ1n) is 4.68. The Bertz CT molecular complexity index is 346. The molecule has 0 aliphatic heterocycles. The quantitative estimate of drug-likeness (QED) is 0.740. The molecule has 1 aromatic carbocycles. The number of carbonyl (C=O) groups excluding carboxylic acids is 1. The van der Waals surface area contributed by atoms with E-state index in [0.29, 0.717) is 13.1 Å². The van der Waals surface area contributed by atoms with Gasteiger partial charge in [0, 0.05) is 5.92 Å². The van der Waals surface area contributed by atoms with E-state index in [1.54, 1.807) is 12.1 Å². The maximum Gasteiger partial charge on any atom is 0.293 e. The Balaban J connectivity index is 2.19. The lowest BCUT2D eigenvalue weighted by Crippen LogP contribution is -2.03.